The van der Waals surface area contributed by atoms with Gasteiger partial charge in [0.2, 0.25) is 0 Å². The summed E-state index contributed by atoms with van der Waals surface area (Å²) in [5, 5.41) is 19.1. The van der Waals surface area contributed by atoms with E-state index in [4.69, 9.17) is 42.5 Å². The van der Waals surface area contributed by atoms with Gasteiger partial charge in [-0.1, -0.05) is 29.3 Å². The molecule has 1 unspecified atom stereocenters. The second-order valence-corrected chi connectivity index (χ2v) is 7.45. The van der Waals surface area contributed by atoms with Crippen molar-refractivity contribution in [3.8, 4) is 23.0 Å². The van der Waals surface area contributed by atoms with Gasteiger partial charge in [-0.15, -0.1) is 0 Å². The van der Waals surface area contributed by atoms with Crippen molar-refractivity contribution in [2.75, 3.05) is 0 Å². The molecule has 0 radical (unpaired) electrons. The van der Waals surface area contributed by atoms with Gasteiger partial charge in [0.15, 0.2) is 5.60 Å². The topological polar surface area (TPSA) is 102 Å². The van der Waals surface area contributed by atoms with Crippen LogP contribution < -0.4 is 9.47 Å². The summed E-state index contributed by atoms with van der Waals surface area (Å²) in [4.78, 5) is 23.8. The lowest BCUT2D eigenvalue weighted by Gasteiger charge is -2.36. The molecule has 2 N–H and O–H groups in total. The van der Waals surface area contributed by atoms with E-state index in [0.717, 1.165) is 0 Å². The largest absolute Gasteiger partial charge is 0.511 e. The zero-order chi connectivity index (χ0) is 21.2. The smallest absolute Gasteiger partial charge is 0.508 e. The van der Waals surface area contributed by atoms with Crippen molar-refractivity contribution >= 4 is 35.3 Å². The van der Waals surface area contributed by atoms with Gasteiger partial charge >= 0.3 is 12.1 Å². The maximum Gasteiger partial charge on any atom is 0.511 e. The maximum absolute atomic E-state index is 12.9. The molecule has 3 aromatic rings. The first-order chi connectivity index (χ1) is 14.3. The van der Waals surface area contributed by atoms with Gasteiger partial charge in [-0.2, -0.15) is 0 Å². The number of aromatic hydroxyl groups is 1. The van der Waals surface area contributed by atoms with Crippen LogP contribution in [0, 0.1) is 0 Å². The number of benzene rings is 3. The molecule has 9 heteroatoms. The molecule has 30 heavy (non-hydrogen) atoms. The Morgan fingerprint density at radius 3 is 2.37 bits per heavy atom. The van der Waals surface area contributed by atoms with Crippen LogP contribution in [0.1, 0.15) is 27.0 Å². The molecule has 150 valence electrons. The predicted molar refractivity (Wildman–Crippen MR) is 105 cm³/mol. The Labute approximate surface area is 178 Å². The molecule has 2 heterocycles. The number of hydrogen-bond acceptors (Lipinski definition) is 6. The van der Waals surface area contributed by atoms with Gasteiger partial charge in [-0.3, -0.25) is 0 Å². The van der Waals surface area contributed by atoms with E-state index < -0.39 is 17.7 Å². The highest BCUT2D eigenvalue weighted by atomic mass is 35.5. The molecule has 1 spiro atoms. The van der Waals surface area contributed by atoms with Crippen molar-refractivity contribution in [2.45, 2.75) is 5.60 Å². The summed E-state index contributed by atoms with van der Waals surface area (Å²) in [5.41, 5.74) is 0.0419. The molecule has 2 aliphatic rings. The van der Waals surface area contributed by atoms with Crippen LogP contribution in [-0.2, 0) is 10.3 Å². The minimum Gasteiger partial charge on any atom is -0.508 e. The molecule has 0 saturated carbocycles. The molecule has 0 bridgehead atoms. The van der Waals surface area contributed by atoms with Gasteiger partial charge in [0.05, 0.1) is 15.6 Å². The summed E-state index contributed by atoms with van der Waals surface area (Å²) in [5.74, 6) is -0.307. The van der Waals surface area contributed by atoms with Crippen LogP contribution in [0.2, 0.25) is 10.0 Å². The molecule has 0 aromatic heterocycles. The van der Waals surface area contributed by atoms with Crippen LogP contribution in [0.25, 0.3) is 0 Å². The lowest BCUT2D eigenvalue weighted by Crippen LogP contribution is -2.33. The average molecular weight is 445 g/mol. The maximum atomic E-state index is 12.9. The fourth-order valence-corrected chi connectivity index (χ4v) is 4.28. The van der Waals surface area contributed by atoms with E-state index in [-0.39, 0.29) is 38.6 Å². The van der Waals surface area contributed by atoms with Crippen LogP contribution in [0.5, 0.6) is 23.0 Å². The number of fused-ring (bicyclic) bond motifs is 6. The first-order valence-electron chi connectivity index (χ1n) is 8.59. The standard InChI is InChI=1S/C21H10Cl2O7/c22-14-6-5-13-17(18(14)23)19(25)30-21(13)11-3-1-9(24)7-15(11)29-16-8-10(28-20(26)27)2-4-12(16)21/h1-8,24H,(H,26,27). The third kappa shape index (κ3) is 2.46. The van der Waals surface area contributed by atoms with E-state index in [1.54, 1.807) is 24.3 Å². The number of carboxylic acid groups (broad SMARTS) is 1. The number of phenolic OH excluding ortho intramolecular Hbond substituents is 1. The summed E-state index contributed by atoms with van der Waals surface area (Å²) in [7, 11) is 0. The lowest BCUT2D eigenvalue weighted by molar-refractivity contribution is 0.0224. The predicted octanol–water partition coefficient (Wildman–Crippen LogP) is 5.32. The summed E-state index contributed by atoms with van der Waals surface area (Å²) in [6.45, 7) is 0. The normalized spacial score (nSPS) is 18.1. The van der Waals surface area contributed by atoms with Crippen molar-refractivity contribution in [3.05, 3.63) is 80.8 Å². The van der Waals surface area contributed by atoms with Crippen molar-refractivity contribution in [1.82, 2.24) is 0 Å². The van der Waals surface area contributed by atoms with Crippen LogP contribution in [-0.4, -0.2) is 22.3 Å². The zero-order valence-electron chi connectivity index (χ0n) is 14.8. The SMILES string of the molecule is O=C(O)Oc1ccc2c(c1)Oc1cc(O)ccc1C21OC(=O)c2c1ccc(Cl)c2Cl. The molecule has 0 amide bonds. The molecule has 0 fully saturated rings. The van der Waals surface area contributed by atoms with Crippen LogP contribution in [0.15, 0.2) is 48.5 Å². The lowest BCUT2D eigenvalue weighted by atomic mass is 9.77. The quantitative estimate of drug-likeness (QED) is 0.386. The number of rotatable bonds is 1. The number of ether oxygens (including phenoxy) is 3. The van der Waals surface area contributed by atoms with Gasteiger partial charge in [-0.25, -0.2) is 9.59 Å². The summed E-state index contributed by atoms with van der Waals surface area (Å²) in [6, 6.07) is 11.9. The Morgan fingerprint density at radius 1 is 0.967 bits per heavy atom. The number of halogens is 2. The molecule has 0 saturated heterocycles. The van der Waals surface area contributed by atoms with E-state index in [9.17, 15) is 14.7 Å². The number of phenols is 1. The monoisotopic (exact) mass is 444 g/mol. The van der Waals surface area contributed by atoms with Crippen LogP contribution in [0.4, 0.5) is 4.79 Å². The first-order valence-corrected chi connectivity index (χ1v) is 9.35. The fraction of sp³-hybridized carbons (Fsp3) is 0.0476. The Kier molecular flexibility index (Phi) is 3.90. The second-order valence-electron chi connectivity index (χ2n) is 6.66. The Morgan fingerprint density at radius 2 is 1.63 bits per heavy atom. The van der Waals surface area contributed by atoms with Gasteiger partial charge in [-0.05, 0) is 30.3 Å². The Balaban J connectivity index is 1.84. The average Bonchev–Trinajstić information content (AvgIpc) is 2.97. The molecular weight excluding hydrogens is 435 g/mol. The minimum atomic E-state index is -1.49. The summed E-state index contributed by atoms with van der Waals surface area (Å²) < 4.78 is 16.5. The van der Waals surface area contributed by atoms with Gasteiger partial charge in [0.25, 0.3) is 0 Å². The van der Waals surface area contributed by atoms with Crippen LogP contribution >= 0.6 is 23.2 Å². The Hall–Kier alpha value is -3.42. The van der Waals surface area contributed by atoms with Gasteiger partial charge in [0.1, 0.15) is 23.0 Å². The third-order valence-corrected chi connectivity index (χ3v) is 5.83. The van der Waals surface area contributed by atoms with Crippen molar-refractivity contribution in [1.29, 1.82) is 0 Å². The van der Waals surface area contributed by atoms with E-state index in [1.807, 2.05) is 0 Å². The first kappa shape index (κ1) is 18.6. The molecule has 7 nitrogen and oxygen atoms in total. The highest BCUT2D eigenvalue weighted by molar-refractivity contribution is 6.44. The molecule has 0 aliphatic carbocycles. The molecule has 1 atom stereocenters. The van der Waals surface area contributed by atoms with E-state index in [2.05, 4.69) is 0 Å². The molecule has 5 rings (SSSR count). The van der Waals surface area contributed by atoms with Crippen LogP contribution in [0.3, 0.4) is 0 Å². The number of esters is 1. The molecular formula is C21H10Cl2O7. The van der Waals surface area contributed by atoms with Crippen molar-refractivity contribution in [2.24, 2.45) is 0 Å². The van der Waals surface area contributed by atoms with E-state index in [0.29, 0.717) is 16.7 Å². The zero-order valence-corrected chi connectivity index (χ0v) is 16.3. The number of carbonyl (C=O) groups is 2. The minimum absolute atomic E-state index is 0.0127. The second kappa shape index (κ2) is 6.29. The molecule has 2 aliphatic heterocycles. The molecule has 3 aromatic carbocycles. The van der Waals surface area contributed by atoms with E-state index >= 15 is 0 Å². The van der Waals surface area contributed by atoms with Gasteiger partial charge in [0, 0.05) is 28.8 Å². The third-order valence-electron chi connectivity index (χ3n) is 5.03. The number of hydrogen-bond donors (Lipinski definition) is 2. The fourth-order valence-electron chi connectivity index (χ4n) is 3.88. The summed E-state index contributed by atoms with van der Waals surface area (Å²) >= 11 is 12.4. The van der Waals surface area contributed by atoms with E-state index in [1.165, 1.54) is 24.3 Å². The van der Waals surface area contributed by atoms with Crippen molar-refractivity contribution in [3.63, 3.8) is 0 Å². The highest BCUT2D eigenvalue weighted by Gasteiger charge is 2.54. The highest BCUT2D eigenvalue weighted by Crippen LogP contribution is 2.58. The van der Waals surface area contributed by atoms with Crippen molar-refractivity contribution < 1.29 is 34.0 Å². The Bertz CT molecular complexity index is 1270. The number of carbonyl (C=O) groups excluding carboxylic acids is 1. The summed E-state index contributed by atoms with van der Waals surface area (Å²) in [6.07, 6.45) is -1.49. The van der Waals surface area contributed by atoms with Gasteiger partial charge < -0.3 is 24.4 Å².